The van der Waals surface area contributed by atoms with Gasteiger partial charge in [0.1, 0.15) is 5.75 Å². The normalized spacial score (nSPS) is 10.6. The number of methoxy groups -OCH3 is 1. The van der Waals surface area contributed by atoms with Crippen LogP contribution in [0.25, 0.3) is 10.8 Å². The van der Waals surface area contributed by atoms with Gasteiger partial charge in [-0.2, -0.15) is 0 Å². The average Bonchev–Trinajstić information content (AvgIpc) is 2.49. The second-order valence-electron chi connectivity index (χ2n) is 4.19. The molecule has 0 amide bonds. The van der Waals surface area contributed by atoms with Crippen LogP contribution in [0.1, 0.15) is 0 Å². The lowest BCUT2D eigenvalue weighted by molar-refractivity contribution is -0.595. The number of hydrogen-bond acceptors (Lipinski definition) is 1. The van der Waals surface area contributed by atoms with Gasteiger partial charge >= 0.3 is 21.2 Å². The van der Waals surface area contributed by atoms with E-state index < -0.39 is 0 Å². The van der Waals surface area contributed by atoms with Gasteiger partial charge < -0.3 is 4.74 Å². The molecule has 0 atom stereocenters. The smallest absolute Gasteiger partial charge is 0.358 e. The molecule has 0 aromatic heterocycles. The molecule has 0 aliphatic rings. The highest BCUT2D eigenvalue weighted by atomic mass is 127. The highest BCUT2D eigenvalue weighted by Gasteiger charge is 2.19. The number of hydrogen-bond donors (Lipinski definition) is 0. The number of halogens is 1. The minimum atomic E-state index is -0.147. The van der Waals surface area contributed by atoms with E-state index in [1.54, 1.807) is 7.11 Å². The Morgan fingerprint density at radius 1 is 0.737 bits per heavy atom. The van der Waals surface area contributed by atoms with E-state index in [4.69, 9.17) is 4.74 Å². The highest BCUT2D eigenvalue weighted by Crippen LogP contribution is 2.24. The Morgan fingerprint density at radius 3 is 2.16 bits per heavy atom. The summed E-state index contributed by atoms with van der Waals surface area (Å²) in [6, 6.07) is 23.5. The second kappa shape index (κ2) is 5.61. The van der Waals surface area contributed by atoms with Crippen molar-refractivity contribution in [2.45, 2.75) is 0 Å². The topological polar surface area (TPSA) is 9.23 Å². The van der Waals surface area contributed by atoms with Crippen LogP contribution >= 0.6 is 0 Å². The molecule has 0 unspecified atom stereocenters. The first-order valence-corrected chi connectivity index (χ1v) is 8.30. The Kier molecular flexibility index (Phi) is 3.69. The Bertz CT molecular complexity index is 692. The van der Waals surface area contributed by atoms with Gasteiger partial charge in [-0.1, -0.05) is 36.4 Å². The molecule has 0 aliphatic carbocycles. The predicted octanol–water partition coefficient (Wildman–Crippen LogP) is 0.977. The first-order valence-electron chi connectivity index (χ1n) is 6.14. The van der Waals surface area contributed by atoms with Crippen molar-refractivity contribution >= 4 is 10.8 Å². The van der Waals surface area contributed by atoms with Gasteiger partial charge in [0.05, 0.1) is 7.11 Å². The van der Waals surface area contributed by atoms with Gasteiger partial charge in [-0.15, -0.1) is 0 Å². The summed E-state index contributed by atoms with van der Waals surface area (Å²) in [5, 5.41) is 2.52. The van der Waals surface area contributed by atoms with Crippen LogP contribution in [0.4, 0.5) is 0 Å². The molecule has 0 saturated carbocycles. The average molecular weight is 361 g/mol. The van der Waals surface area contributed by atoms with Crippen molar-refractivity contribution in [3.63, 3.8) is 0 Å². The van der Waals surface area contributed by atoms with E-state index in [1.807, 2.05) is 0 Å². The second-order valence-corrected chi connectivity index (χ2v) is 7.13. The summed E-state index contributed by atoms with van der Waals surface area (Å²) < 4.78 is 8.33. The summed E-state index contributed by atoms with van der Waals surface area (Å²) in [6.45, 7) is 0. The van der Waals surface area contributed by atoms with Crippen LogP contribution in [0.5, 0.6) is 5.75 Å². The summed E-state index contributed by atoms with van der Waals surface area (Å²) in [4.78, 5) is 0. The summed E-state index contributed by atoms with van der Waals surface area (Å²) in [5.41, 5.74) is 0. The van der Waals surface area contributed by atoms with E-state index in [1.165, 1.54) is 17.9 Å². The standard InChI is InChI=1S/C17H14IO/c1-19-17-12-11-16(14-9-5-6-10-15(14)17)18-13-7-3-2-4-8-13/h2-12H,1H3/q+1. The van der Waals surface area contributed by atoms with Gasteiger partial charge in [0.15, 0.2) is 3.57 Å². The zero-order valence-corrected chi connectivity index (χ0v) is 12.8. The third-order valence-corrected chi connectivity index (χ3v) is 5.86. The maximum absolute atomic E-state index is 5.44. The van der Waals surface area contributed by atoms with Gasteiger partial charge in [-0.05, 0) is 30.3 Å². The fourth-order valence-electron chi connectivity index (χ4n) is 2.09. The van der Waals surface area contributed by atoms with Gasteiger partial charge in [0.25, 0.3) is 0 Å². The van der Waals surface area contributed by atoms with Crippen molar-refractivity contribution in [1.29, 1.82) is 0 Å². The van der Waals surface area contributed by atoms with Crippen LogP contribution in [0.2, 0.25) is 0 Å². The molecule has 3 rings (SSSR count). The first kappa shape index (κ1) is 12.5. The predicted molar refractivity (Wildman–Crippen MR) is 74.3 cm³/mol. The van der Waals surface area contributed by atoms with Gasteiger partial charge in [-0.3, -0.25) is 0 Å². The summed E-state index contributed by atoms with van der Waals surface area (Å²) in [5.74, 6) is 0.955. The van der Waals surface area contributed by atoms with Gasteiger partial charge in [0, 0.05) is 10.8 Å². The van der Waals surface area contributed by atoms with Crippen LogP contribution in [-0.2, 0) is 0 Å². The molecule has 1 nitrogen and oxygen atoms in total. The van der Waals surface area contributed by atoms with Crippen LogP contribution in [-0.4, -0.2) is 7.11 Å². The Balaban J connectivity index is 2.10. The highest BCUT2D eigenvalue weighted by molar-refractivity contribution is 5.87. The molecule has 2 heteroatoms. The van der Waals surface area contributed by atoms with Crippen molar-refractivity contribution in [3.8, 4) is 5.75 Å². The van der Waals surface area contributed by atoms with Crippen LogP contribution in [0.15, 0.2) is 66.7 Å². The SMILES string of the molecule is COc1ccc([I+]c2ccccc2)c2ccccc12. The lowest BCUT2D eigenvalue weighted by atomic mass is 10.1. The van der Waals surface area contributed by atoms with E-state index >= 15 is 0 Å². The molecule has 0 fully saturated rings. The van der Waals surface area contributed by atoms with Crippen LogP contribution in [0, 0.1) is 7.14 Å². The summed E-state index contributed by atoms with van der Waals surface area (Å²) in [6.07, 6.45) is 0. The van der Waals surface area contributed by atoms with Crippen molar-refractivity contribution in [2.75, 3.05) is 7.11 Å². The third-order valence-electron chi connectivity index (χ3n) is 2.99. The number of rotatable bonds is 3. The van der Waals surface area contributed by atoms with Crippen molar-refractivity contribution in [1.82, 2.24) is 0 Å². The Morgan fingerprint density at radius 2 is 1.42 bits per heavy atom. The largest absolute Gasteiger partial charge is 0.496 e. The molecule has 3 aromatic rings. The molecular formula is C17H14IO+. The van der Waals surface area contributed by atoms with E-state index in [2.05, 4.69) is 66.7 Å². The minimum absolute atomic E-state index is 0.147. The lowest BCUT2D eigenvalue weighted by Crippen LogP contribution is -3.61. The van der Waals surface area contributed by atoms with Crippen LogP contribution in [0.3, 0.4) is 0 Å². The zero-order chi connectivity index (χ0) is 13.1. The molecule has 0 saturated heterocycles. The molecular weight excluding hydrogens is 347 g/mol. The number of ether oxygens (including phenoxy) is 1. The van der Waals surface area contributed by atoms with Gasteiger partial charge in [0.2, 0.25) is 3.57 Å². The maximum atomic E-state index is 5.44. The maximum Gasteiger partial charge on any atom is 0.358 e. The Hall–Kier alpha value is -1.55. The number of benzene rings is 3. The monoisotopic (exact) mass is 361 g/mol. The molecule has 3 aromatic carbocycles. The summed E-state index contributed by atoms with van der Waals surface area (Å²) >= 11 is -0.147. The molecule has 19 heavy (non-hydrogen) atoms. The molecule has 0 aliphatic heterocycles. The van der Waals surface area contributed by atoms with Crippen molar-refractivity contribution in [2.24, 2.45) is 0 Å². The molecule has 0 bridgehead atoms. The van der Waals surface area contributed by atoms with Crippen molar-refractivity contribution < 1.29 is 25.9 Å². The Labute approximate surface area is 123 Å². The molecule has 0 heterocycles. The quantitative estimate of drug-likeness (QED) is 0.632. The van der Waals surface area contributed by atoms with E-state index in [9.17, 15) is 0 Å². The van der Waals surface area contributed by atoms with E-state index in [0.717, 1.165) is 5.75 Å². The van der Waals surface area contributed by atoms with E-state index in [0.29, 0.717) is 0 Å². The lowest BCUT2D eigenvalue weighted by Gasteiger charge is -2.04. The van der Waals surface area contributed by atoms with Crippen LogP contribution < -0.4 is 25.9 Å². The van der Waals surface area contributed by atoms with Crippen molar-refractivity contribution in [3.05, 3.63) is 73.9 Å². The molecule has 0 spiro atoms. The molecule has 0 N–H and O–H groups in total. The van der Waals surface area contributed by atoms with Gasteiger partial charge in [-0.25, -0.2) is 0 Å². The molecule has 0 radical (unpaired) electrons. The molecule has 94 valence electrons. The van der Waals surface area contributed by atoms with E-state index in [-0.39, 0.29) is 21.2 Å². The fourth-order valence-corrected chi connectivity index (χ4v) is 4.66. The fraction of sp³-hybridized carbons (Fsp3) is 0.0588. The minimum Gasteiger partial charge on any atom is -0.496 e. The summed E-state index contributed by atoms with van der Waals surface area (Å²) in [7, 11) is 1.73. The zero-order valence-electron chi connectivity index (χ0n) is 10.6. The number of fused-ring (bicyclic) bond motifs is 1. The first-order chi connectivity index (χ1) is 9.38. The third kappa shape index (κ3) is 2.59.